The number of nitrogens with zero attached hydrogens (tertiary/aromatic N) is 7. The molecule has 0 bridgehead atoms. The number of nitrogens with one attached hydrogen (secondary N) is 5. The summed E-state index contributed by atoms with van der Waals surface area (Å²) in [6.07, 6.45) is 2.78. The Balaban J connectivity index is 1.06. The number of carboxylic acid groups (broad SMARTS) is 3. The molecule has 0 saturated carbocycles. The van der Waals surface area contributed by atoms with Crippen LogP contribution in [-0.2, 0) is 43.2 Å². The van der Waals surface area contributed by atoms with Gasteiger partial charge in [0.25, 0.3) is 17.7 Å². The Hall–Kier alpha value is -6.54. The van der Waals surface area contributed by atoms with Crippen molar-refractivity contribution in [2.24, 2.45) is 32.5 Å². The van der Waals surface area contributed by atoms with E-state index in [1.165, 1.54) is 34.5 Å². The van der Waals surface area contributed by atoms with Crippen LogP contribution in [0.1, 0.15) is 37.1 Å². The van der Waals surface area contributed by atoms with E-state index in [0.29, 0.717) is 34.3 Å². The third-order valence-electron chi connectivity index (χ3n) is 11.2. The number of quaternary nitrogens is 1. The number of anilines is 2. The molecule has 4 amide bonds. The molecule has 27 nitrogen and oxygen atoms in total. The number of amides is 4. The summed E-state index contributed by atoms with van der Waals surface area (Å²) in [5.41, 5.74) is 16.4. The van der Waals surface area contributed by atoms with Crippen molar-refractivity contribution in [2.45, 2.75) is 54.6 Å². The van der Waals surface area contributed by atoms with Gasteiger partial charge in [0.05, 0.1) is 26.2 Å². The second-order valence-corrected chi connectivity index (χ2v) is 20.2. The number of guanidine groups is 1. The average Bonchev–Trinajstić information content (AvgIpc) is 4.10. The molecule has 3 unspecified atom stereocenters. The summed E-state index contributed by atoms with van der Waals surface area (Å²) in [5, 5.41) is 52.6. The number of thiazole rings is 2. The third-order valence-corrected chi connectivity index (χ3v) is 15.3. The molecule has 14 N–H and O–H groups in total. The summed E-state index contributed by atoms with van der Waals surface area (Å²) in [6.45, 7) is 2.53. The fraction of sp³-hybridized carbons (Fsp3) is 0.487. The lowest BCUT2D eigenvalue weighted by atomic mass is 10.0. The molecule has 2 fully saturated rings. The van der Waals surface area contributed by atoms with Crippen LogP contribution in [0, 0.1) is 0 Å². The van der Waals surface area contributed by atoms with Gasteiger partial charge in [0, 0.05) is 53.8 Å². The number of aliphatic imine (C=N–C) groups is 1. The molecule has 2 saturated heterocycles. The number of hydrogen-bond donors (Lipinski definition) is 11. The second-order valence-electron chi connectivity index (χ2n) is 16.2. The Labute approximate surface area is 415 Å². The van der Waals surface area contributed by atoms with Gasteiger partial charge in [0.2, 0.25) is 5.91 Å². The van der Waals surface area contributed by atoms with Crippen LogP contribution in [0.25, 0.3) is 0 Å². The van der Waals surface area contributed by atoms with Crippen LogP contribution in [-0.4, -0.2) is 188 Å². The summed E-state index contributed by atoms with van der Waals surface area (Å²) in [6, 6.07) is -3.69. The fourth-order valence-electron chi connectivity index (χ4n) is 7.82. The SMILES string of the molecule is CO/N=C(\C(=O)NC(C(=O)O)C1NC(C(=O)O)=C(CNc2nc(/C(=N/OC)C(=O)N[C@@H]3C(=O)N4C(C(=O)O)=C(C[N+]5(C)CCCC5)CS[C@H]34)cs2)CS1)c1csc(NC(=O)C(N)CCCN=C(N)N)n1. The molecule has 6 rings (SSSR count). The van der Waals surface area contributed by atoms with Crippen molar-refractivity contribution in [1.82, 2.24) is 30.8 Å². The average molecular weight is 1050 g/mol. The maximum absolute atomic E-state index is 13.6. The Morgan fingerprint density at radius 1 is 0.929 bits per heavy atom. The van der Waals surface area contributed by atoms with Crippen molar-refractivity contribution < 1.29 is 63.0 Å². The Kier molecular flexibility index (Phi) is 17.6. The van der Waals surface area contributed by atoms with Crippen molar-refractivity contribution in [3.63, 3.8) is 0 Å². The summed E-state index contributed by atoms with van der Waals surface area (Å²) in [5.74, 6) is -6.83. The van der Waals surface area contributed by atoms with Gasteiger partial charge in [0.1, 0.15) is 60.3 Å². The molecule has 5 atom stereocenters. The maximum Gasteiger partial charge on any atom is 0.352 e. The summed E-state index contributed by atoms with van der Waals surface area (Å²) < 4.78 is 0.698. The lowest BCUT2D eigenvalue weighted by Crippen LogP contribution is -2.71. The zero-order valence-electron chi connectivity index (χ0n) is 37.8. The van der Waals surface area contributed by atoms with Gasteiger partial charge in [0.15, 0.2) is 33.7 Å². The first kappa shape index (κ1) is 52.8. The van der Waals surface area contributed by atoms with Gasteiger partial charge in [-0.25, -0.2) is 24.4 Å². The van der Waals surface area contributed by atoms with Crippen molar-refractivity contribution >= 4 is 115 Å². The van der Waals surface area contributed by atoms with Crippen molar-refractivity contribution in [2.75, 3.05) is 76.1 Å². The zero-order valence-corrected chi connectivity index (χ0v) is 41.1. The topological polar surface area (TPSA) is 403 Å². The number of aliphatic carboxylic acids is 3. The first-order chi connectivity index (χ1) is 33.3. The van der Waals surface area contributed by atoms with E-state index in [0.717, 1.165) is 67.5 Å². The van der Waals surface area contributed by atoms with Crippen LogP contribution in [0.3, 0.4) is 0 Å². The molecule has 4 aliphatic heterocycles. The van der Waals surface area contributed by atoms with E-state index in [1.54, 1.807) is 0 Å². The van der Waals surface area contributed by atoms with E-state index in [2.05, 4.69) is 58.9 Å². The number of hydrogen-bond acceptors (Lipinski definition) is 21. The van der Waals surface area contributed by atoms with Gasteiger partial charge in [-0.3, -0.25) is 29.1 Å². The van der Waals surface area contributed by atoms with Gasteiger partial charge >= 0.3 is 17.9 Å². The highest BCUT2D eigenvalue weighted by atomic mass is 32.2. The number of fused-ring (bicyclic) bond motifs is 1. The molecule has 31 heteroatoms. The first-order valence-electron chi connectivity index (χ1n) is 21.3. The number of nitrogens with two attached hydrogens (primary N) is 3. The number of carbonyl (C=O) groups is 7. The van der Waals surface area contributed by atoms with Gasteiger partial charge in [-0.15, -0.1) is 46.2 Å². The summed E-state index contributed by atoms with van der Waals surface area (Å²) in [7, 11) is 4.45. The molecule has 4 aliphatic rings. The molecule has 0 spiro atoms. The number of carboxylic acids is 3. The number of β-lactam (4-membered cyclic amide) rings is 1. The van der Waals surface area contributed by atoms with Gasteiger partial charge < -0.3 is 73.3 Å². The fourth-order valence-corrected chi connectivity index (χ4v) is 11.7. The van der Waals surface area contributed by atoms with E-state index in [9.17, 15) is 48.9 Å². The van der Waals surface area contributed by atoms with Crippen LogP contribution in [0.2, 0.25) is 0 Å². The minimum absolute atomic E-state index is 0.0160. The molecular weight excluding hydrogens is 999 g/mol. The number of likely N-dealkylation sites (N-methyl/N-ethyl adjacent to an activating group) is 1. The van der Waals surface area contributed by atoms with E-state index < -0.39 is 76.1 Å². The van der Waals surface area contributed by atoms with Crippen LogP contribution in [0.4, 0.5) is 10.3 Å². The largest absolute Gasteiger partial charge is 0.480 e. The predicted molar refractivity (Wildman–Crippen MR) is 260 cm³/mol. The second kappa shape index (κ2) is 23.4. The molecule has 0 radical (unpaired) electrons. The number of carbonyl (C=O) groups excluding carboxylic acids is 4. The molecule has 6 heterocycles. The highest BCUT2D eigenvalue weighted by Crippen LogP contribution is 2.41. The van der Waals surface area contributed by atoms with E-state index in [4.69, 9.17) is 26.9 Å². The maximum atomic E-state index is 13.6. The van der Waals surface area contributed by atoms with Crippen LogP contribution < -0.4 is 43.8 Å². The molecule has 70 heavy (non-hydrogen) atoms. The minimum Gasteiger partial charge on any atom is -0.480 e. The number of rotatable bonds is 23. The Bertz CT molecular complexity index is 2530. The first-order valence-corrected chi connectivity index (χ1v) is 25.1. The van der Waals surface area contributed by atoms with Gasteiger partial charge in [-0.2, -0.15) is 0 Å². The van der Waals surface area contributed by atoms with Crippen molar-refractivity contribution in [3.05, 3.63) is 44.7 Å². The highest BCUT2D eigenvalue weighted by molar-refractivity contribution is 8.00. The lowest BCUT2D eigenvalue weighted by molar-refractivity contribution is -0.893. The molecule has 2 aromatic rings. The van der Waals surface area contributed by atoms with E-state index >= 15 is 0 Å². The standard InChI is InChI=1S/C39H51N15O12S4/c1-54(9-4-5-10-54)12-18-14-68-33-26(32(58)53(33)27(18)36(63)64)48-30(57)23(51-65-2)20-15-69-38(45-20)44-11-17-13-67-31(49-22(17)34(59)60)25(35(61)62)47-29(56)24(52-66-3)21-16-70-39(46-21)50-28(55)19(40)7-6-8-43-37(41)42/h15-16,19,25-26,31,33,49H,4-14,40H2,1-3H3,(H10-,41,42,43,44,45,46,47,48,50,55,56,57,59,60,61,62,63,64)/p+1/b51-23-,52-24-/t19?,25?,26-,31?,33-/m1/s1. The number of likely N-dealkylation sites (tertiary alicyclic amines) is 1. The van der Waals surface area contributed by atoms with Crippen molar-refractivity contribution in [3.8, 4) is 0 Å². The van der Waals surface area contributed by atoms with Crippen LogP contribution >= 0.6 is 46.2 Å². The third kappa shape index (κ3) is 12.6. The smallest absolute Gasteiger partial charge is 0.352 e. The Morgan fingerprint density at radius 3 is 2.17 bits per heavy atom. The summed E-state index contributed by atoms with van der Waals surface area (Å²) in [4.78, 5) is 114. The quantitative estimate of drug-likeness (QED) is 0.0147. The monoisotopic (exact) mass is 1050 g/mol. The van der Waals surface area contributed by atoms with E-state index in [-0.39, 0.29) is 70.0 Å². The highest BCUT2D eigenvalue weighted by Gasteiger charge is 2.55. The molecule has 2 aromatic heterocycles. The minimum atomic E-state index is -1.71. The lowest BCUT2D eigenvalue weighted by Gasteiger charge is -2.49. The van der Waals surface area contributed by atoms with Crippen LogP contribution in [0.5, 0.6) is 0 Å². The van der Waals surface area contributed by atoms with Gasteiger partial charge in [-0.1, -0.05) is 10.3 Å². The Morgan fingerprint density at radius 2 is 1.56 bits per heavy atom. The van der Waals surface area contributed by atoms with Crippen LogP contribution in [0.15, 0.2) is 48.6 Å². The number of aromatic nitrogens is 2. The van der Waals surface area contributed by atoms with Crippen molar-refractivity contribution in [1.29, 1.82) is 0 Å². The summed E-state index contributed by atoms with van der Waals surface area (Å²) >= 11 is 4.35. The number of oxime groups is 2. The molecule has 0 aliphatic carbocycles. The zero-order chi connectivity index (χ0) is 50.9. The normalized spacial score (nSPS) is 20.8. The van der Waals surface area contributed by atoms with E-state index in [1.807, 2.05) is 0 Å². The molecule has 0 aromatic carbocycles. The predicted octanol–water partition coefficient (Wildman–Crippen LogP) is -1.72. The number of thioether (sulfide) groups is 2. The molecule has 378 valence electrons. The van der Waals surface area contributed by atoms with Gasteiger partial charge in [-0.05, 0) is 18.4 Å². The molecular formula is C39H52N15O12S4+.